The Labute approximate surface area is 214 Å². The lowest BCUT2D eigenvalue weighted by Crippen LogP contribution is -2.46. The number of benzene rings is 1. The van der Waals surface area contributed by atoms with Crippen LogP contribution in [0.25, 0.3) is 0 Å². The number of rotatable bonds is 9. The van der Waals surface area contributed by atoms with Gasteiger partial charge >= 0.3 is 0 Å². The number of guanidine groups is 1. The van der Waals surface area contributed by atoms with Gasteiger partial charge in [0.2, 0.25) is 0 Å². The molecule has 0 spiro atoms. The van der Waals surface area contributed by atoms with E-state index in [9.17, 15) is 0 Å². The molecule has 0 radical (unpaired) electrons. The van der Waals surface area contributed by atoms with Gasteiger partial charge in [0.1, 0.15) is 11.5 Å². The van der Waals surface area contributed by atoms with Crippen molar-refractivity contribution >= 4 is 29.9 Å². The maximum Gasteiger partial charge on any atom is 0.191 e. The number of hydrogen-bond acceptors (Lipinski definition) is 6. The van der Waals surface area contributed by atoms with E-state index in [1.54, 1.807) is 14.2 Å². The highest BCUT2D eigenvalue weighted by Crippen LogP contribution is 2.24. The zero-order valence-electron chi connectivity index (χ0n) is 20.5. The third-order valence-corrected chi connectivity index (χ3v) is 5.85. The first-order valence-corrected chi connectivity index (χ1v) is 11.0. The minimum atomic E-state index is 0. The molecule has 1 saturated heterocycles. The van der Waals surface area contributed by atoms with Crippen molar-refractivity contribution in [3.05, 3.63) is 41.7 Å². The predicted molar refractivity (Wildman–Crippen MR) is 143 cm³/mol. The number of halogens is 1. The van der Waals surface area contributed by atoms with Crippen LogP contribution in [0.1, 0.15) is 23.6 Å². The summed E-state index contributed by atoms with van der Waals surface area (Å²) in [5.41, 5.74) is 2.37. The van der Waals surface area contributed by atoms with E-state index < -0.39 is 0 Å². The van der Waals surface area contributed by atoms with Gasteiger partial charge in [-0.2, -0.15) is 5.10 Å². The molecule has 0 saturated carbocycles. The Morgan fingerprint density at radius 1 is 1.24 bits per heavy atom. The topological polar surface area (TPSA) is 79.2 Å². The second-order valence-electron chi connectivity index (χ2n) is 8.47. The minimum Gasteiger partial charge on any atom is -0.497 e. The fourth-order valence-electron chi connectivity index (χ4n) is 4.10. The maximum absolute atomic E-state index is 5.40. The molecule has 1 aliphatic rings. The summed E-state index contributed by atoms with van der Waals surface area (Å²) >= 11 is 0. The highest BCUT2D eigenvalue weighted by Gasteiger charge is 2.24. The molecule has 1 fully saturated rings. The van der Waals surface area contributed by atoms with Crippen molar-refractivity contribution in [3.63, 3.8) is 0 Å². The smallest absolute Gasteiger partial charge is 0.191 e. The number of ether oxygens (including phenoxy) is 2. The lowest BCUT2D eigenvalue weighted by atomic mass is 10.1. The Hall–Kier alpha value is -2.05. The standard InChI is InChI=1S/C23H37N7O2.HI/c1-24-23(25-13-22(28(2)3)18-12-26-29(4)15-18)27-19-7-8-30(16-19)14-17-9-20(31-5)11-21(10-17)32-6;/h9-12,15,19,22H,7-8,13-14,16H2,1-6H3,(H2,24,25,27);1H. The van der Waals surface area contributed by atoms with Gasteiger partial charge in [-0.25, -0.2) is 0 Å². The molecule has 1 aliphatic heterocycles. The highest BCUT2D eigenvalue weighted by atomic mass is 127. The summed E-state index contributed by atoms with van der Waals surface area (Å²) in [7, 11) is 11.3. The number of aryl methyl sites for hydroxylation is 1. The van der Waals surface area contributed by atoms with Gasteiger partial charge in [0.05, 0.1) is 26.5 Å². The molecular formula is C23H38IN7O2. The van der Waals surface area contributed by atoms with Crippen molar-refractivity contribution in [2.24, 2.45) is 12.0 Å². The van der Waals surface area contributed by atoms with Crippen molar-refractivity contribution in [3.8, 4) is 11.5 Å². The fraction of sp³-hybridized carbons (Fsp3) is 0.565. The van der Waals surface area contributed by atoms with E-state index in [-0.39, 0.29) is 30.0 Å². The summed E-state index contributed by atoms with van der Waals surface area (Å²) < 4.78 is 12.6. The van der Waals surface area contributed by atoms with Crippen LogP contribution in [0, 0.1) is 0 Å². The van der Waals surface area contributed by atoms with Crippen LogP contribution in [0.15, 0.2) is 35.6 Å². The van der Waals surface area contributed by atoms with E-state index in [1.165, 1.54) is 11.1 Å². The molecule has 2 atom stereocenters. The van der Waals surface area contributed by atoms with E-state index in [4.69, 9.17) is 9.47 Å². The Bertz CT molecular complexity index is 880. The van der Waals surface area contributed by atoms with Crippen LogP contribution in [0.3, 0.4) is 0 Å². The van der Waals surface area contributed by atoms with Gasteiger partial charge in [-0.1, -0.05) is 0 Å². The molecule has 0 amide bonds. The summed E-state index contributed by atoms with van der Waals surface area (Å²) in [6.45, 7) is 3.60. The molecule has 2 unspecified atom stereocenters. The van der Waals surface area contributed by atoms with Gasteiger partial charge in [-0.15, -0.1) is 24.0 Å². The lowest BCUT2D eigenvalue weighted by molar-refractivity contribution is 0.297. The average Bonchev–Trinajstić information content (AvgIpc) is 3.41. The van der Waals surface area contributed by atoms with Crippen LogP contribution in [-0.4, -0.2) is 86.6 Å². The molecular weight excluding hydrogens is 533 g/mol. The monoisotopic (exact) mass is 571 g/mol. The Kier molecular flexibility index (Phi) is 10.7. The largest absolute Gasteiger partial charge is 0.497 e. The maximum atomic E-state index is 5.40. The van der Waals surface area contributed by atoms with Crippen molar-refractivity contribution in [1.82, 2.24) is 30.2 Å². The van der Waals surface area contributed by atoms with Crippen LogP contribution in [0.2, 0.25) is 0 Å². The first kappa shape index (κ1) is 27.2. The zero-order valence-corrected chi connectivity index (χ0v) is 22.9. The van der Waals surface area contributed by atoms with Gasteiger partial charge in [0, 0.05) is 64.1 Å². The molecule has 184 valence electrons. The first-order valence-electron chi connectivity index (χ1n) is 11.0. The Morgan fingerprint density at radius 2 is 1.94 bits per heavy atom. The molecule has 2 heterocycles. The number of aliphatic imine (C=N–C) groups is 1. The van der Waals surface area contributed by atoms with Crippen molar-refractivity contribution in [2.45, 2.75) is 25.0 Å². The Morgan fingerprint density at radius 3 is 2.48 bits per heavy atom. The third-order valence-electron chi connectivity index (χ3n) is 5.85. The second kappa shape index (κ2) is 13.0. The van der Waals surface area contributed by atoms with E-state index in [0.29, 0.717) is 6.04 Å². The molecule has 9 nitrogen and oxygen atoms in total. The molecule has 2 aromatic rings. The molecule has 1 aromatic heterocycles. The fourth-order valence-corrected chi connectivity index (χ4v) is 4.10. The average molecular weight is 572 g/mol. The number of nitrogens with zero attached hydrogens (tertiary/aromatic N) is 5. The summed E-state index contributed by atoms with van der Waals surface area (Å²) in [6, 6.07) is 6.61. The quantitative estimate of drug-likeness (QED) is 0.271. The van der Waals surface area contributed by atoms with Crippen LogP contribution >= 0.6 is 24.0 Å². The normalized spacial score (nSPS) is 17.5. The van der Waals surface area contributed by atoms with Gasteiger partial charge in [-0.3, -0.25) is 14.6 Å². The summed E-state index contributed by atoms with van der Waals surface area (Å²) in [4.78, 5) is 9.07. The molecule has 2 N–H and O–H groups in total. The number of likely N-dealkylation sites (N-methyl/N-ethyl adjacent to an activating group) is 1. The van der Waals surface area contributed by atoms with E-state index in [2.05, 4.69) is 62.9 Å². The number of hydrogen-bond donors (Lipinski definition) is 2. The summed E-state index contributed by atoms with van der Waals surface area (Å²) in [5, 5.41) is 11.4. The van der Waals surface area contributed by atoms with Crippen molar-refractivity contribution in [1.29, 1.82) is 0 Å². The Balaban J connectivity index is 0.00000385. The molecule has 10 heteroatoms. The number of nitrogens with one attached hydrogen (secondary N) is 2. The van der Waals surface area contributed by atoms with E-state index >= 15 is 0 Å². The van der Waals surface area contributed by atoms with E-state index in [1.807, 2.05) is 31.0 Å². The molecule has 3 rings (SSSR count). The lowest BCUT2D eigenvalue weighted by Gasteiger charge is -2.25. The van der Waals surface area contributed by atoms with Crippen LogP contribution in [-0.2, 0) is 13.6 Å². The minimum absolute atomic E-state index is 0. The van der Waals surface area contributed by atoms with Crippen LogP contribution < -0.4 is 20.1 Å². The van der Waals surface area contributed by atoms with Gasteiger partial charge < -0.3 is 25.0 Å². The zero-order chi connectivity index (χ0) is 23.1. The predicted octanol–water partition coefficient (Wildman–Crippen LogP) is 2.10. The van der Waals surface area contributed by atoms with Crippen molar-refractivity contribution in [2.75, 3.05) is 55.0 Å². The SMILES string of the molecule is CN=C(NCC(c1cnn(C)c1)N(C)C)NC1CCN(Cc2cc(OC)cc(OC)c2)C1.I. The molecule has 0 bridgehead atoms. The number of aromatic nitrogens is 2. The van der Waals surface area contributed by atoms with Gasteiger partial charge in [0.15, 0.2) is 5.96 Å². The van der Waals surface area contributed by atoms with Gasteiger partial charge in [0.25, 0.3) is 0 Å². The highest BCUT2D eigenvalue weighted by molar-refractivity contribution is 14.0. The second-order valence-corrected chi connectivity index (χ2v) is 8.47. The van der Waals surface area contributed by atoms with Crippen LogP contribution in [0.5, 0.6) is 11.5 Å². The summed E-state index contributed by atoms with van der Waals surface area (Å²) in [6.07, 6.45) is 5.05. The molecule has 33 heavy (non-hydrogen) atoms. The molecule has 0 aliphatic carbocycles. The number of methoxy groups -OCH3 is 2. The van der Waals surface area contributed by atoms with Gasteiger partial charge in [-0.05, 0) is 38.2 Å². The first-order chi connectivity index (χ1) is 15.4. The van der Waals surface area contributed by atoms with E-state index in [0.717, 1.165) is 50.1 Å². The number of likely N-dealkylation sites (tertiary alicyclic amines) is 1. The van der Waals surface area contributed by atoms with Crippen LogP contribution in [0.4, 0.5) is 0 Å². The third kappa shape index (κ3) is 7.75. The summed E-state index contributed by atoms with van der Waals surface area (Å²) in [5.74, 6) is 2.47. The van der Waals surface area contributed by atoms with Crippen molar-refractivity contribution < 1.29 is 9.47 Å². The molecule has 1 aromatic carbocycles.